The number of alkyl halides is 6. The summed E-state index contributed by atoms with van der Waals surface area (Å²) in [7, 11) is 0. The molecule has 8 nitrogen and oxygen atoms in total. The van der Waals surface area contributed by atoms with E-state index in [0.717, 1.165) is 31.4 Å². The minimum atomic E-state index is -5.04. The van der Waals surface area contributed by atoms with E-state index < -0.39 is 35.6 Å². The smallest absolute Gasteiger partial charge is 0.475 e. The number of rotatable bonds is 9. The molecule has 5 rings (SSSR count). The van der Waals surface area contributed by atoms with E-state index in [-0.39, 0.29) is 52.8 Å². The van der Waals surface area contributed by atoms with Crippen LogP contribution in [0.5, 0.6) is 5.75 Å². The van der Waals surface area contributed by atoms with E-state index in [9.17, 15) is 36.2 Å². The molecule has 2 aromatic carbocycles. The van der Waals surface area contributed by atoms with Crippen molar-refractivity contribution < 1.29 is 41.0 Å². The summed E-state index contributed by atoms with van der Waals surface area (Å²) < 4.78 is 86.1. The van der Waals surface area contributed by atoms with E-state index in [1.54, 1.807) is 0 Å². The maximum atomic E-state index is 13.5. The van der Waals surface area contributed by atoms with E-state index in [1.807, 2.05) is 20.8 Å². The molecule has 2 heterocycles. The third-order valence-electron chi connectivity index (χ3n) is 7.77. The van der Waals surface area contributed by atoms with Gasteiger partial charge in [-0.05, 0) is 67.0 Å². The summed E-state index contributed by atoms with van der Waals surface area (Å²) in [5.41, 5.74) is 0.176. The van der Waals surface area contributed by atoms with Gasteiger partial charge in [-0.25, -0.2) is 19.7 Å². The minimum Gasteiger partial charge on any atom is -0.475 e. The third-order valence-corrected chi connectivity index (χ3v) is 7.77. The Morgan fingerprint density at radius 3 is 2.25 bits per heavy atom. The molecule has 0 aliphatic heterocycles. The van der Waals surface area contributed by atoms with Crippen LogP contribution in [0.4, 0.5) is 32.2 Å². The van der Waals surface area contributed by atoms with Gasteiger partial charge in [0.2, 0.25) is 5.82 Å². The Labute approximate surface area is 248 Å². The highest BCUT2D eigenvalue weighted by atomic mass is 19.4. The number of aromatic carboxylic acids is 1. The summed E-state index contributed by atoms with van der Waals surface area (Å²) in [5, 5.41) is 13.0. The Kier molecular flexibility index (Phi) is 8.21. The molecule has 1 aliphatic rings. The molecule has 2 N–H and O–H groups in total. The number of imidazole rings is 1. The highest BCUT2D eigenvalue weighted by molar-refractivity contribution is 5.92. The largest absolute Gasteiger partial charge is 0.573 e. The average molecular weight is 622 g/mol. The summed E-state index contributed by atoms with van der Waals surface area (Å²) in [4.78, 5) is 24.8. The zero-order valence-corrected chi connectivity index (χ0v) is 23.9. The van der Waals surface area contributed by atoms with Crippen molar-refractivity contribution in [1.82, 2.24) is 19.5 Å². The summed E-state index contributed by atoms with van der Waals surface area (Å²) in [6.45, 7) is 5.47. The number of halogens is 6. The number of hydrogen-bond donors (Lipinski definition) is 2. The second-order valence-electron chi connectivity index (χ2n) is 11.2. The van der Waals surface area contributed by atoms with Crippen LogP contribution in [0.15, 0.2) is 42.5 Å². The predicted octanol–water partition coefficient (Wildman–Crippen LogP) is 7.88. The summed E-state index contributed by atoms with van der Waals surface area (Å²) in [6.07, 6.45) is -6.67. The van der Waals surface area contributed by atoms with Crippen molar-refractivity contribution in [3.63, 3.8) is 0 Å². The van der Waals surface area contributed by atoms with Gasteiger partial charge >= 0.3 is 18.5 Å². The van der Waals surface area contributed by atoms with Gasteiger partial charge in [-0.1, -0.05) is 38.5 Å². The lowest BCUT2D eigenvalue weighted by molar-refractivity contribution is -0.274. The van der Waals surface area contributed by atoms with Crippen LogP contribution in [-0.2, 0) is 12.7 Å². The second-order valence-corrected chi connectivity index (χ2v) is 11.2. The number of hydrogen-bond acceptors (Lipinski definition) is 6. The zero-order valence-electron chi connectivity index (χ0n) is 23.9. The van der Waals surface area contributed by atoms with Crippen molar-refractivity contribution in [2.45, 2.75) is 71.1 Å². The van der Waals surface area contributed by atoms with Crippen molar-refractivity contribution in [3.05, 3.63) is 65.0 Å². The highest BCUT2D eigenvalue weighted by Gasteiger charge is 2.34. The molecule has 4 aromatic rings. The molecule has 0 unspecified atom stereocenters. The van der Waals surface area contributed by atoms with Crippen LogP contribution >= 0.6 is 0 Å². The summed E-state index contributed by atoms with van der Waals surface area (Å²) in [6, 6.07) is 8.34. The van der Waals surface area contributed by atoms with Gasteiger partial charge in [0.15, 0.2) is 11.5 Å². The van der Waals surface area contributed by atoms with Crippen LogP contribution in [0.3, 0.4) is 0 Å². The van der Waals surface area contributed by atoms with Crippen LogP contribution in [0.2, 0.25) is 0 Å². The number of nitrogens with one attached hydrogen (secondary N) is 1. The van der Waals surface area contributed by atoms with Gasteiger partial charge in [0.1, 0.15) is 17.1 Å². The second kappa shape index (κ2) is 11.6. The van der Waals surface area contributed by atoms with E-state index in [0.29, 0.717) is 11.1 Å². The van der Waals surface area contributed by atoms with Crippen molar-refractivity contribution in [2.24, 2.45) is 5.92 Å². The predicted molar refractivity (Wildman–Crippen MR) is 149 cm³/mol. The first-order valence-corrected chi connectivity index (χ1v) is 13.9. The van der Waals surface area contributed by atoms with Crippen LogP contribution in [-0.4, -0.2) is 43.0 Å². The van der Waals surface area contributed by atoms with Crippen LogP contribution in [0, 0.1) is 5.92 Å². The van der Waals surface area contributed by atoms with Gasteiger partial charge in [0, 0.05) is 12.6 Å². The SMILES string of the molecule is CC(C)c1ccc(OC(F)(F)F)c(-c2nc3nc(C(=O)O)nc(N[C@H](C)C4CCC4)c3n2Cc2ccc(C(F)(F)F)cc2)c1. The molecule has 14 heteroatoms. The van der Waals surface area contributed by atoms with E-state index >= 15 is 0 Å². The molecule has 0 spiro atoms. The van der Waals surface area contributed by atoms with Crippen molar-refractivity contribution in [3.8, 4) is 17.1 Å². The lowest BCUT2D eigenvalue weighted by Gasteiger charge is -2.32. The fourth-order valence-corrected chi connectivity index (χ4v) is 5.14. The fourth-order valence-electron chi connectivity index (χ4n) is 5.14. The van der Waals surface area contributed by atoms with Crippen molar-refractivity contribution in [2.75, 3.05) is 5.32 Å². The molecule has 1 saturated carbocycles. The molecule has 1 fully saturated rings. The third kappa shape index (κ3) is 6.58. The molecule has 1 aliphatic carbocycles. The standard InChI is InChI=1S/C30H29F6N5O3/c1-15(2)19-9-12-22(44-30(34,35)36)21(13-19)27-40-25-23(41(27)14-17-7-10-20(11-8-17)29(31,32)33)24(38-26(39-25)28(42)43)37-16(3)18-5-4-6-18/h7-13,15-16,18H,4-6,14H2,1-3H3,(H,42,43)(H,37,38,39)/t16-/m1/s1. The molecule has 1 atom stereocenters. The number of nitrogens with zero attached hydrogens (tertiary/aromatic N) is 4. The number of carboxylic acid groups (broad SMARTS) is 1. The lowest BCUT2D eigenvalue weighted by atomic mass is 9.80. The average Bonchev–Trinajstić information content (AvgIpc) is 3.24. The van der Waals surface area contributed by atoms with Gasteiger partial charge in [-0.3, -0.25) is 0 Å². The minimum absolute atomic E-state index is 0.0576. The van der Waals surface area contributed by atoms with E-state index in [4.69, 9.17) is 0 Å². The quantitative estimate of drug-likeness (QED) is 0.183. The maximum Gasteiger partial charge on any atom is 0.573 e. The highest BCUT2D eigenvalue weighted by Crippen LogP contribution is 2.39. The van der Waals surface area contributed by atoms with Crippen LogP contribution in [0.25, 0.3) is 22.6 Å². The normalized spacial score (nSPS) is 15.0. The lowest BCUT2D eigenvalue weighted by Crippen LogP contribution is -2.31. The van der Waals surface area contributed by atoms with Gasteiger partial charge in [-0.15, -0.1) is 13.2 Å². The molecule has 0 radical (unpaired) electrons. The van der Waals surface area contributed by atoms with Crippen molar-refractivity contribution >= 4 is 23.0 Å². The molecule has 0 bridgehead atoms. The zero-order chi connectivity index (χ0) is 32.0. The van der Waals surface area contributed by atoms with E-state index in [1.165, 1.54) is 34.9 Å². The molecule has 0 amide bonds. The molecular weight excluding hydrogens is 592 g/mol. The summed E-state index contributed by atoms with van der Waals surface area (Å²) >= 11 is 0. The Bertz CT molecular complexity index is 1680. The molecular formula is C30H29F6N5O3. The number of carboxylic acids is 1. The first kappa shape index (κ1) is 31.1. The maximum absolute atomic E-state index is 13.5. The fraction of sp³-hybridized carbons (Fsp3) is 0.400. The number of benzene rings is 2. The number of fused-ring (bicyclic) bond motifs is 1. The summed E-state index contributed by atoms with van der Waals surface area (Å²) in [5.74, 6) is -2.35. The molecule has 0 saturated heterocycles. The molecule has 234 valence electrons. The van der Waals surface area contributed by atoms with Gasteiger partial charge in [0.25, 0.3) is 0 Å². The Morgan fingerprint density at radius 1 is 1.02 bits per heavy atom. The molecule has 44 heavy (non-hydrogen) atoms. The first-order valence-electron chi connectivity index (χ1n) is 13.9. The Morgan fingerprint density at radius 2 is 1.70 bits per heavy atom. The number of anilines is 1. The van der Waals surface area contributed by atoms with Gasteiger partial charge in [0.05, 0.1) is 11.1 Å². The van der Waals surface area contributed by atoms with Crippen LogP contribution in [0.1, 0.15) is 73.3 Å². The van der Waals surface area contributed by atoms with E-state index in [2.05, 4.69) is 25.0 Å². The Balaban J connectivity index is 1.76. The molecule has 2 aromatic heterocycles. The first-order chi connectivity index (χ1) is 20.6. The number of carbonyl (C=O) groups is 1. The van der Waals surface area contributed by atoms with Gasteiger partial charge in [-0.2, -0.15) is 13.2 Å². The number of aromatic nitrogens is 4. The monoisotopic (exact) mass is 621 g/mol. The topological polar surface area (TPSA) is 102 Å². The van der Waals surface area contributed by atoms with Gasteiger partial charge < -0.3 is 19.7 Å². The van der Waals surface area contributed by atoms with Crippen molar-refractivity contribution in [1.29, 1.82) is 0 Å². The Hall–Kier alpha value is -4.36. The van der Waals surface area contributed by atoms with Crippen LogP contribution < -0.4 is 10.1 Å². The number of ether oxygens (including phenoxy) is 1.